The fourth-order valence-electron chi connectivity index (χ4n) is 1.84. The maximum atomic E-state index is 11.9. The minimum absolute atomic E-state index is 0.205. The third-order valence-electron chi connectivity index (χ3n) is 2.81. The van der Waals surface area contributed by atoms with Crippen molar-refractivity contribution < 1.29 is 4.79 Å². The summed E-state index contributed by atoms with van der Waals surface area (Å²) in [7, 11) is 0. The minimum atomic E-state index is -0.205. The molecular formula is C16H11ClN2OS. The van der Waals surface area contributed by atoms with Crippen molar-refractivity contribution in [2.45, 2.75) is 0 Å². The van der Waals surface area contributed by atoms with Crippen molar-refractivity contribution in [2.75, 3.05) is 5.32 Å². The molecule has 0 saturated heterocycles. The van der Waals surface area contributed by atoms with Crippen LogP contribution < -0.4 is 5.32 Å². The van der Waals surface area contributed by atoms with Crippen molar-refractivity contribution in [3.8, 4) is 0 Å². The molecule has 0 saturated carbocycles. The zero-order chi connectivity index (χ0) is 14.7. The van der Waals surface area contributed by atoms with E-state index in [0.717, 1.165) is 15.8 Å². The zero-order valence-electron chi connectivity index (χ0n) is 10.9. The van der Waals surface area contributed by atoms with Gasteiger partial charge in [0.05, 0.1) is 10.2 Å². The molecule has 5 heteroatoms. The highest BCUT2D eigenvalue weighted by molar-refractivity contribution is 7.22. The number of halogens is 1. The van der Waals surface area contributed by atoms with E-state index in [1.54, 1.807) is 12.1 Å². The quantitative estimate of drug-likeness (QED) is 0.718. The normalized spacial score (nSPS) is 11.1. The van der Waals surface area contributed by atoms with E-state index >= 15 is 0 Å². The fraction of sp³-hybridized carbons (Fsp3) is 0. The number of carbonyl (C=O) groups excluding carboxylic acids is 1. The number of thiazole rings is 1. The number of fused-ring (bicyclic) bond motifs is 1. The summed E-state index contributed by atoms with van der Waals surface area (Å²) < 4.78 is 0.949. The van der Waals surface area contributed by atoms with Gasteiger partial charge in [0.15, 0.2) is 5.13 Å². The largest absolute Gasteiger partial charge is 0.298 e. The molecule has 0 unspecified atom stereocenters. The van der Waals surface area contributed by atoms with Crippen LogP contribution in [0.15, 0.2) is 54.6 Å². The van der Waals surface area contributed by atoms with E-state index in [9.17, 15) is 4.79 Å². The van der Waals surface area contributed by atoms with Crippen LogP contribution in [0.3, 0.4) is 0 Å². The minimum Gasteiger partial charge on any atom is -0.298 e. The highest BCUT2D eigenvalue weighted by Crippen LogP contribution is 2.28. The van der Waals surface area contributed by atoms with Gasteiger partial charge in [-0.3, -0.25) is 10.1 Å². The second-order valence-corrected chi connectivity index (χ2v) is 5.83. The number of hydrogen-bond acceptors (Lipinski definition) is 3. The number of hydrogen-bond donors (Lipinski definition) is 1. The molecule has 3 rings (SSSR count). The lowest BCUT2D eigenvalue weighted by atomic mass is 10.2. The summed E-state index contributed by atoms with van der Waals surface area (Å²) >= 11 is 7.33. The lowest BCUT2D eigenvalue weighted by Gasteiger charge is -1.95. The van der Waals surface area contributed by atoms with Crippen LogP contribution in [0.2, 0.25) is 5.02 Å². The molecule has 2 aromatic carbocycles. The first-order valence-electron chi connectivity index (χ1n) is 6.31. The van der Waals surface area contributed by atoms with Crippen molar-refractivity contribution in [2.24, 2.45) is 0 Å². The summed E-state index contributed by atoms with van der Waals surface area (Å²) in [6, 6.07) is 15.1. The maximum Gasteiger partial charge on any atom is 0.250 e. The van der Waals surface area contributed by atoms with Gasteiger partial charge in [0.1, 0.15) is 0 Å². The van der Waals surface area contributed by atoms with Gasteiger partial charge in [-0.15, -0.1) is 0 Å². The molecule has 0 bridgehead atoms. The Labute approximate surface area is 130 Å². The first-order valence-corrected chi connectivity index (χ1v) is 7.50. The Bertz CT molecular complexity index is 812. The zero-order valence-corrected chi connectivity index (χ0v) is 12.5. The Morgan fingerprint density at radius 2 is 2.00 bits per heavy atom. The van der Waals surface area contributed by atoms with Crippen molar-refractivity contribution in [3.05, 3.63) is 65.2 Å². The standard InChI is InChI=1S/C16H11ClN2OS/c17-12-7-8-13-14(10-12)21-16(18-13)19-15(20)9-6-11-4-2-1-3-5-11/h1-10H,(H,18,19,20)/b9-6+. The van der Waals surface area contributed by atoms with Crippen LogP contribution in [0.5, 0.6) is 0 Å². The van der Waals surface area contributed by atoms with Crippen LogP contribution in [-0.2, 0) is 4.79 Å². The number of nitrogens with zero attached hydrogens (tertiary/aromatic N) is 1. The van der Waals surface area contributed by atoms with E-state index in [-0.39, 0.29) is 5.91 Å². The van der Waals surface area contributed by atoms with E-state index in [1.165, 1.54) is 17.4 Å². The van der Waals surface area contributed by atoms with E-state index < -0.39 is 0 Å². The Morgan fingerprint density at radius 3 is 2.81 bits per heavy atom. The first kappa shape index (κ1) is 13.8. The molecule has 3 aromatic rings. The second kappa shape index (κ2) is 6.08. The Kier molecular flexibility index (Phi) is 3.99. The van der Waals surface area contributed by atoms with E-state index in [4.69, 9.17) is 11.6 Å². The molecule has 0 spiro atoms. The monoisotopic (exact) mass is 314 g/mol. The Morgan fingerprint density at radius 1 is 1.19 bits per heavy atom. The number of benzene rings is 2. The number of anilines is 1. The van der Waals surface area contributed by atoms with Gasteiger partial charge in [0.25, 0.3) is 0 Å². The number of amides is 1. The van der Waals surface area contributed by atoms with Crippen LogP contribution in [-0.4, -0.2) is 10.9 Å². The van der Waals surface area contributed by atoms with Crippen LogP contribution in [0, 0.1) is 0 Å². The second-order valence-electron chi connectivity index (χ2n) is 4.36. The average molecular weight is 315 g/mol. The molecule has 104 valence electrons. The average Bonchev–Trinajstić information content (AvgIpc) is 2.87. The van der Waals surface area contributed by atoms with Gasteiger partial charge in [0, 0.05) is 11.1 Å². The summed E-state index contributed by atoms with van der Waals surface area (Å²) in [6.45, 7) is 0. The van der Waals surface area contributed by atoms with Crippen molar-refractivity contribution in [1.82, 2.24) is 4.98 Å². The van der Waals surface area contributed by atoms with Gasteiger partial charge in [0.2, 0.25) is 5.91 Å². The SMILES string of the molecule is O=C(/C=C/c1ccccc1)Nc1nc2ccc(Cl)cc2s1. The van der Waals surface area contributed by atoms with Crippen molar-refractivity contribution in [1.29, 1.82) is 0 Å². The molecule has 1 N–H and O–H groups in total. The number of carbonyl (C=O) groups is 1. The lowest BCUT2D eigenvalue weighted by molar-refractivity contribution is -0.111. The molecule has 0 aliphatic rings. The van der Waals surface area contributed by atoms with Gasteiger partial charge < -0.3 is 0 Å². The third-order valence-corrected chi connectivity index (χ3v) is 3.98. The Hall–Kier alpha value is -2.17. The van der Waals surface area contributed by atoms with Gasteiger partial charge >= 0.3 is 0 Å². The molecule has 0 atom stereocenters. The van der Waals surface area contributed by atoms with Crippen LogP contribution in [0.25, 0.3) is 16.3 Å². The van der Waals surface area contributed by atoms with Gasteiger partial charge in [-0.1, -0.05) is 53.3 Å². The van der Waals surface area contributed by atoms with Crippen LogP contribution in [0.1, 0.15) is 5.56 Å². The van der Waals surface area contributed by atoms with Gasteiger partial charge in [-0.2, -0.15) is 0 Å². The molecule has 0 aliphatic heterocycles. The molecule has 21 heavy (non-hydrogen) atoms. The lowest BCUT2D eigenvalue weighted by Crippen LogP contribution is -2.07. The van der Waals surface area contributed by atoms with E-state index in [1.807, 2.05) is 42.5 Å². The molecule has 1 amide bonds. The topological polar surface area (TPSA) is 42.0 Å². The maximum absolute atomic E-state index is 11.9. The van der Waals surface area contributed by atoms with Crippen LogP contribution >= 0.6 is 22.9 Å². The fourth-order valence-corrected chi connectivity index (χ4v) is 2.98. The molecule has 0 fully saturated rings. The van der Waals surface area contributed by atoms with E-state index in [0.29, 0.717) is 10.2 Å². The Balaban J connectivity index is 1.73. The summed E-state index contributed by atoms with van der Waals surface area (Å²) in [5.41, 5.74) is 1.80. The highest BCUT2D eigenvalue weighted by Gasteiger charge is 2.06. The van der Waals surface area contributed by atoms with Crippen LogP contribution in [0.4, 0.5) is 5.13 Å². The molecule has 0 aliphatic carbocycles. The molecule has 0 radical (unpaired) electrons. The first-order chi connectivity index (χ1) is 10.2. The molecular weight excluding hydrogens is 304 g/mol. The summed E-state index contributed by atoms with van der Waals surface area (Å²) in [4.78, 5) is 16.2. The summed E-state index contributed by atoms with van der Waals surface area (Å²) in [5, 5.41) is 3.98. The molecule has 3 nitrogen and oxygen atoms in total. The summed E-state index contributed by atoms with van der Waals surface area (Å²) in [5.74, 6) is -0.205. The van der Waals surface area contributed by atoms with Crippen molar-refractivity contribution in [3.63, 3.8) is 0 Å². The number of rotatable bonds is 3. The highest BCUT2D eigenvalue weighted by atomic mass is 35.5. The summed E-state index contributed by atoms with van der Waals surface area (Å²) in [6.07, 6.45) is 3.26. The van der Waals surface area contributed by atoms with Gasteiger partial charge in [-0.25, -0.2) is 4.98 Å². The smallest absolute Gasteiger partial charge is 0.250 e. The third kappa shape index (κ3) is 3.48. The van der Waals surface area contributed by atoms with E-state index in [2.05, 4.69) is 10.3 Å². The number of nitrogens with one attached hydrogen (secondary N) is 1. The van der Waals surface area contributed by atoms with Crippen molar-refractivity contribution >= 4 is 50.3 Å². The predicted octanol–water partition coefficient (Wildman–Crippen LogP) is 4.60. The molecule has 1 aromatic heterocycles. The number of aromatic nitrogens is 1. The molecule has 1 heterocycles. The van der Waals surface area contributed by atoms with Gasteiger partial charge in [-0.05, 0) is 29.8 Å². The predicted molar refractivity (Wildman–Crippen MR) is 88.7 cm³/mol.